The van der Waals surface area contributed by atoms with Gasteiger partial charge >= 0.3 is 0 Å². The van der Waals surface area contributed by atoms with Crippen molar-refractivity contribution in [2.75, 3.05) is 14.2 Å². The van der Waals surface area contributed by atoms with E-state index in [9.17, 15) is 5.11 Å². The highest BCUT2D eigenvalue weighted by molar-refractivity contribution is 5.48. The average Bonchev–Trinajstić information content (AvgIpc) is 2.97. The monoisotopic (exact) mass is 285 g/mol. The van der Waals surface area contributed by atoms with Crippen molar-refractivity contribution >= 4 is 0 Å². The van der Waals surface area contributed by atoms with Gasteiger partial charge < -0.3 is 14.6 Å². The van der Waals surface area contributed by atoms with E-state index >= 15 is 0 Å². The van der Waals surface area contributed by atoms with Crippen LogP contribution in [0.25, 0.3) is 0 Å². The molecule has 21 heavy (non-hydrogen) atoms. The molecular weight excluding hydrogens is 266 g/mol. The Kier molecular flexibility index (Phi) is 3.80. The van der Waals surface area contributed by atoms with Crippen LogP contribution in [-0.4, -0.2) is 24.3 Å². The molecule has 0 bridgehead atoms. The van der Waals surface area contributed by atoms with Crippen LogP contribution >= 0.6 is 0 Å². The molecule has 0 saturated heterocycles. The molecule has 1 N–H and O–H groups in total. The molecule has 0 radical (unpaired) electrons. The summed E-state index contributed by atoms with van der Waals surface area (Å²) < 4.78 is 10.8. The van der Waals surface area contributed by atoms with Gasteiger partial charge in [0, 0.05) is 17.8 Å². The lowest BCUT2D eigenvalue weighted by atomic mass is 9.92. The van der Waals surface area contributed by atoms with Gasteiger partial charge in [0.1, 0.15) is 11.5 Å². The van der Waals surface area contributed by atoms with Crippen molar-refractivity contribution in [3.05, 3.63) is 53.3 Å². The van der Waals surface area contributed by atoms with Crippen LogP contribution in [0.4, 0.5) is 0 Å². The molecule has 1 aliphatic carbocycles. The maximum absolute atomic E-state index is 10.9. The normalized spacial score (nSPS) is 18.1. The van der Waals surface area contributed by atoms with Crippen molar-refractivity contribution in [2.24, 2.45) is 0 Å². The Morgan fingerprint density at radius 3 is 2.52 bits per heavy atom. The van der Waals surface area contributed by atoms with Crippen LogP contribution in [0.3, 0.4) is 0 Å². The third-order valence-corrected chi connectivity index (χ3v) is 4.14. The first-order valence-electron chi connectivity index (χ1n) is 7.09. The average molecular weight is 285 g/mol. The number of rotatable bonds is 4. The molecule has 110 valence electrons. The standard InChI is InChI=1S/C17H19NO3/c1-20-13-6-3-7-14(21-2)15(13)17(19)12-9-8-11-5-4-10-18-16(11)12/h3-7,10,12,17,19H,8-9H2,1-2H3. The molecule has 2 atom stereocenters. The van der Waals surface area contributed by atoms with Gasteiger partial charge in [-0.15, -0.1) is 0 Å². The van der Waals surface area contributed by atoms with Crippen LogP contribution in [0, 0.1) is 0 Å². The smallest absolute Gasteiger partial charge is 0.128 e. The minimum Gasteiger partial charge on any atom is -0.496 e. The minimum atomic E-state index is -0.688. The van der Waals surface area contributed by atoms with Crippen LogP contribution in [0.2, 0.25) is 0 Å². The van der Waals surface area contributed by atoms with Crippen molar-refractivity contribution < 1.29 is 14.6 Å². The number of hydrogen-bond acceptors (Lipinski definition) is 4. The fourth-order valence-corrected chi connectivity index (χ4v) is 3.12. The van der Waals surface area contributed by atoms with Gasteiger partial charge in [-0.05, 0) is 36.6 Å². The molecule has 0 fully saturated rings. The number of aromatic nitrogens is 1. The summed E-state index contributed by atoms with van der Waals surface area (Å²) in [6, 6.07) is 9.56. The zero-order valence-corrected chi connectivity index (χ0v) is 12.2. The lowest BCUT2D eigenvalue weighted by molar-refractivity contribution is 0.136. The van der Waals surface area contributed by atoms with Crippen LogP contribution in [0.15, 0.2) is 36.5 Å². The molecule has 4 heteroatoms. The molecule has 3 rings (SSSR count). The highest BCUT2D eigenvalue weighted by atomic mass is 16.5. The van der Waals surface area contributed by atoms with Crippen molar-refractivity contribution in [3.63, 3.8) is 0 Å². The Morgan fingerprint density at radius 1 is 1.14 bits per heavy atom. The van der Waals surface area contributed by atoms with Crippen molar-refractivity contribution in [1.29, 1.82) is 0 Å². The maximum Gasteiger partial charge on any atom is 0.128 e. The van der Waals surface area contributed by atoms with Gasteiger partial charge in [0.05, 0.1) is 25.9 Å². The number of hydrogen-bond donors (Lipinski definition) is 1. The summed E-state index contributed by atoms with van der Waals surface area (Å²) in [7, 11) is 3.21. The first kappa shape index (κ1) is 13.9. The molecule has 0 amide bonds. The summed E-state index contributed by atoms with van der Waals surface area (Å²) in [6.45, 7) is 0. The molecule has 0 aliphatic heterocycles. The van der Waals surface area contributed by atoms with Gasteiger partial charge in [-0.3, -0.25) is 4.98 Å². The quantitative estimate of drug-likeness (QED) is 0.938. The van der Waals surface area contributed by atoms with Gasteiger partial charge in [-0.2, -0.15) is 0 Å². The Balaban J connectivity index is 2.02. The van der Waals surface area contributed by atoms with E-state index in [-0.39, 0.29) is 5.92 Å². The summed E-state index contributed by atoms with van der Waals surface area (Å²) in [4.78, 5) is 4.46. The summed E-state index contributed by atoms with van der Waals surface area (Å²) in [5.41, 5.74) is 2.90. The Bertz CT molecular complexity index is 619. The highest BCUT2D eigenvalue weighted by Crippen LogP contribution is 2.45. The number of benzene rings is 1. The molecule has 1 aromatic carbocycles. The second-order valence-electron chi connectivity index (χ2n) is 5.21. The van der Waals surface area contributed by atoms with Gasteiger partial charge in [-0.1, -0.05) is 12.1 Å². The van der Waals surface area contributed by atoms with E-state index in [0.717, 1.165) is 18.5 Å². The molecule has 2 unspecified atom stereocenters. The zero-order chi connectivity index (χ0) is 14.8. The van der Waals surface area contributed by atoms with Crippen LogP contribution in [-0.2, 0) is 6.42 Å². The second kappa shape index (κ2) is 5.74. The summed E-state index contributed by atoms with van der Waals surface area (Å²) in [6.07, 6.45) is 2.92. The summed E-state index contributed by atoms with van der Waals surface area (Å²) >= 11 is 0. The van der Waals surface area contributed by atoms with Crippen molar-refractivity contribution in [3.8, 4) is 11.5 Å². The van der Waals surface area contributed by atoms with Gasteiger partial charge in [0.2, 0.25) is 0 Å². The number of fused-ring (bicyclic) bond motifs is 1. The molecule has 1 aromatic heterocycles. The van der Waals surface area contributed by atoms with Crippen LogP contribution in [0.1, 0.15) is 35.3 Å². The number of nitrogens with zero attached hydrogens (tertiary/aromatic N) is 1. The van der Waals surface area contributed by atoms with E-state index < -0.39 is 6.10 Å². The van der Waals surface area contributed by atoms with Crippen LogP contribution < -0.4 is 9.47 Å². The van der Waals surface area contributed by atoms with Crippen molar-refractivity contribution in [1.82, 2.24) is 4.98 Å². The molecule has 0 saturated carbocycles. The van der Waals surface area contributed by atoms with Crippen molar-refractivity contribution in [2.45, 2.75) is 24.9 Å². The van der Waals surface area contributed by atoms with E-state index in [4.69, 9.17) is 9.47 Å². The number of ether oxygens (including phenoxy) is 2. The van der Waals surface area contributed by atoms with E-state index in [0.29, 0.717) is 17.1 Å². The van der Waals surface area contributed by atoms with E-state index in [1.807, 2.05) is 24.3 Å². The minimum absolute atomic E-state index is 0.0219. The van der Waals surface area contributed by atoms with Gasteiger partial charge in [0.15, 0.2) is 0 Å². The van der Waals surface area contributed by atoms with E-state index in [2.05, 4.69) is 11.1 Å². The number of aliphatic hydroxyl groups excluding tert-OH is 1. The Morgan fingerprint density at radius 2 is 1.86 bits per heavy atom. The number of pyridine rings is 1. The fourth-order valence-electron chi connectivity index (χ4n) is 3.12. The largest absolute Gasteiger partial charge is 0.496 e. The van der Waals surface area contributed by atoms with Gasteiger partial charge in [0.25, 0.3) is 0 Å². The lowest BCUT2D eigenvalue weighted by Gasteiger charge is -2.23. The second-order valence-corrected chi connectivity index (χ2v) is 5.21. The van der Waals surface area contributed by atoms with E-state index in [1.54, 1.807) is 20.4 Å². The summed E-state index contributed by atoms with van der Waals surface area (Å²) in [5.74, 6) is 1.27. The lowest BCUT2D eigenvalue weighted by Crippen LogP contribution is -2.12. The molecular formula is C17H19NO3. The predicted octanol–water partition coefficient (Wildman–Crippen LogP) is 2.86. The predicted molar refractivity (Wildman–Crippen MR) is 79.8 cm³/mol. The molecule has 1 heterocycles. The Hall–Kier alpha value is -2.07. The maximum atomic E-state index is 10.9. The number of aliphatic hydroxyl groups is 1. The summed E-state index contributed by atoms with van der Waals surface area (Å²) in [5, 5.41) is 10.9. The Labute approximate surface area is 124 Å². The molecule has 4 nitrogen and oxygen atoms in total. The molecule has 1 aliphatic rings. The SMILES string of the molecule is COc1cccc(OC)c1C(O)C1CCc2cccnc21. The first-order chi connectivity index (χ1) is 10.3. The third-order valence-electron chi connectivity index (χ3n) is 4.14. The van der Waals surface area contributed by atoms with Gasteiger partial charge in [-0.25, -0.2) is 0 Å². The fraction of sp³-hybridized carbons (Fsp3) is 0.353. The number of methoxy groups -OCH3 is 2. The highest BCUT2D eigenvalue weighted by Gasteiger charge is 2.33. The van der Waals surface area contributed by atoms with E-state index in [1.165, 1.54) is 5.56 Å². The van der Waals surface area contributed by atoms with Crippen LogP contribution in [0.5, 0.6) is 11.5 Å². The number of aryl methyl sites for hydroxylation is 1. The molecule has 2 aromatic rings. The third kappa shape index (κ3) is 2.36. The topological polar surface area (TPSA) is 51.6 Å². The molecule has 0 spiro atoms. The first-order valence-corrected chi connectivity index (χ1v) is 7.09. The zero-order valence-electron chi connectivity index (χ0n) is 12.2.